The number of carbonyl (C=O) groups excluding carboxylic acids is 1. The fourth-order valence-corrected chi connectivity index (χ4v) is 2.80. The van der Waals surface area contributed by atoms with Crippen LogP contribution in [0.5, 0.6) is 0 Å². The van der Waals surface area contributed by atoms with Gasteiger partial charge in [0.15, 0.2) is 5.76 Å². The van der Waals surface area contributed by atoms with Gasteiger partial charge in [-0.15, -0.1) is 0 Å². The van der Waals surface area contributed by atoms with Gasteiger partial charge < -0.3 is 9.73 Å². The molecule has 0 radical (unpaired) electrons. The summed E-state index contributed by atoms with van der Waals surface area (Å²) in [5.41, 5.74) is -0.0926. The second-order valence-corrected chi connectivity index (χ2v) is 5.92. The molecule has 3 rings (SSSR count). The average molecular weight is 290 g/mol. The van der Waals surface area contributed by atoms with Gasteiger partial charge in [-0.25, -0.2) is 4.39 Å². The molecule has 1 aliphatic heterocycles. The molecular weight excluding hydrogens is 271 g/mol. The van der Waals surface area contributed by atoms with Gasteiger partial charge in [-0.05, 0) is 38.1 Å². The van der Waals surface area contributed by atoms with E-state index in [-0.39, 0.29) is 11.6 Å². The molecule has 0 bridgehead atoms. The summed E-state index contributed by atoms with van der Waals surface area (Å²) in [7, 11) is 0. The lowest BCUT2D eigenvalue weighted by atomic mass is 9.94. The Hall–Kier alpha value is -1.72. The lowest BCUT2D eigenvalue weighted by molar-refractivity contribution is 0.0576. The highest BCUT2D eigenvalue weighted by atomic mass is 19.1. The zero-order chi connectivity index (χ0) is 15.0. The maximum atomic E-state index is 13.2. The third-order valence-corrected chi connectivity index (χ3v) is 4.17. The lowest BCUT2D eigenvalue weighted by Crippen LogP contribution is -2.57. The number of halogens is 1. The van der Waals surface area contributed by atoms with E-state index in [4.69, 9.17) is 4.42 Å². The quantitative estimate of drug-likeness (QED) is 0.882. The van der Waals surface area contributed by atoms with Crippen LogP contribution < -0.4 is 5.32 Å². The Bertz CT molecular complexity index is 672. The maximum absolute atomic E-state index is 13.2. The van der Waals surface area contributed by atoms with E-state index in [0.717, 1.165) is 26.2 Å². The summed E-state index contributed by atoms with van der Waals surface area (Å²) in [4.78, 5) is 14.9. The van der Waals surface area contributed by atoms with E-state index in [9.17, 15) is 9.18 Å². The van der Waals surface area contributed by atoms with Crippen molar-refractivity contribution < 1.29 is 13.6 Å². The number of fused-ring (bicyclic) bond motifs is 1. The maximum Gasteiger partial charge on any atom is 0.217 e. The van der Waals surface area contributed by atoms with E-state index in [1.54, 1.807) is 12.1 Å². The summed E-state index contributed by atoms with van der Waals surface area (Å²) in [5.74, 6) is -0.108. The predicted octanol–water partition coefficient (Wildman–Crippen LogP) is 2.44. The first-order valence-corrected chi connectivity index (χ1v) is 7.18. The third kappa shape index (κ3) is 2.59. The van der Waals surface area contributed by atoms with Crippen molar-refractivity contribution in [1.29, 1.82) is 0 Å². The van der Waals surface area contributed by atoms with E-state index in [1.165, 1.54) is 12.1 Å². The predicted molar refractivity (Wildman–Crippen MR) is 79.0 cm³/mol. The molecule has 5 heteroatoms. The van der Waals surface area contributed by atoms with Gasteiger partial charge in [0.25, 0.3) is 0 Å². The fraction of sp³-hybridized carbons (Fsp3) is 0.438. The molecule has 0 amide bonds. The smallest absolute Gasteiger partial charge is 0.217 e. The van der Waals surface area contributed by atoms with Crippen molar-refractivity contribution in [3.63, 3.8) is 0 Å². The van der Waals surface area contributed by atoms with Crippen molar-refractivity contribution in [2.45, 2.75) is 19.4 Å². The first-order valence-electron chi connectivity index (χ1n) is 7.18. The van der Waals surface area contributed by atoms with Crippen molar-refractivity contribution in [2.75, 3.05) is 26.2 Å². The van der Waals surface area contributed by atoms with Crippen molar-refractivity contribution in [3.05, 3.63) is 35.8 Å². The molecule has 2 heterocycles. The van der Waals surface area contributed by atoms with Gasteiger partial charge in [-0.2, -0.15) is 0 Å². The van der Waals surface area contributed by atoms with Gasteiger partial charge in [0, 0.05) is 31.6 Å². The first-order chi connectivity index (χ1) is 9.98. The summed E-state index contributed by atoms with van der Waals surface area (Å²) < 4.78 is 18.8. The number of hydrogen-bond donors (Lipinski definition) is 1. The van der Waals surface area contributed by atoms with Crippen molar-refractivity contribution in [3.8, 4) is 0 Å². The fourth-order valence-electron chi connectivity index (χ4n) is 2.80. The first kappa shape index (κ1) is 14.2. The summed E-state index contributed by atoms with van der Waals surface area (Å²) in [5, 5.41) is 3.90. The molecule has 2 aromatic rings. The number of carbonyl (C=O) groups is 1. The number of furan rings is 1. The number of hydrogen-bond acceptors (Lipinski definition) is 4. The van der Waals surface area contributed by atoms with Crippen LogP contribution in [-0.2, 0) is 0 Å². The largest absolute Gasteiger partial charge is 0.453 e. The number of nitrogens with one attached hydrogen (secondary N) is 1. The molecule has 1 fully saturated rings. The van der Waals surface area contributed by atoms with Gasteiger partial charge in [0.1, 0.15) is 11.4 Å². The minimum Gasteiger partial charge on any atom is -0.453 e. The molecule has 1 aromatic heterocycles. The van der Waals surface area contributed by atoms with E-state index in [0.29, 0.717) is 16.7 Å². The number of ketones is 1. The van der Waals surface area contributed by atoms with E-state index in [2.05, 4.69) is 10.2 Å². The summed E-state index contributed by atoms with van der Waals surface area (Å²) >= 11 is 0. The topological polar surface area (TPSA) is 45.5 Å². The van der Waals surface area contributed by atoms with E-state index >= 15 is 0 Å². The molecule has 0 saturated carbocycles. The minimum atomic E-state index is -0.630. The molecule has 21 heavy (non-hydrogen) atoms. The Morgan fingerprint density at radius 3 is 2.71 bits per heavy atom. The van der Waals surface area contributed by atoms with E-state index in [1.807, 2.05) is 13.8 Å². The molecule has 1 N–H and O–H groups in total. The molecule has 0 atom stereocenters. The third-order valence-electron chi connectivity index (χ3n) is 4.17. The van der Waals surface area contributed by atoms with Crippen molar-refractivity contribution in [2.24, 2.45) is 0 Å². The Labute approximate surface area is 122 Å². The average Bonchev–Trinajstić information content (AvgIpc) is 2.90. The van der Waals surface area contributed by atoms with Gasteiger partial charge >= 0.3 is 0 Å². The molecule has 0 spiro atoms. The van der Waals surface area contributed by atoms with Crippen LogP contribution in [0.1, 0.15) is 24.4 Å². The molecule has 1 saturated heterocycles. The molecule has 1 aliphatic rings. The molecule has 112 valence electrons. The number of benzene rings is 1. The Morgan fingerprint density at radius 1 is 1.29 bits per heavy atom. The standard InChI is InChI=1S/C16H19FN2O2/c1-16(2,19-7-5-18-6-8-19)15(20)14-10-11-9-12(17)3-4-13(11)21-14/h3-4,9-10,18H,5-8H2,1-2H3. The van der Waals surface area contributed by atoms with Gasteiger partial charge in [0.05, 0.1) is 5.54 Å². The number of Topliss-reactive ketones (excluding diaryl/α,β-unsaturated/α-hetero) is 1. The highest BCUT2D eigenvalue weighted by Gasteiger charge is 2.37. The van der Waals surface area contributed by atoms with Crippen LogP contribution in [0.15, 0.2) is 28.7 Å². The second kappa shape index (κ2) is 5.24. The molecular formula is C16H19FN2O2. The van der Waals surface area contributed by atoms with Gasteiger partial charge in [-0.3, -0.25) is 9.69 Å². The summed E-state index contributed by atoms with van der Waals surface area (Å²) in [6.45, 7) is 7.23. The normalized spacial score (nSPS) is 17.3. The van der Waals surface area contributed by atoms with Crippen LogP contribution in [0.2, 0.25) is 0 Å². The SMILES string of the molecule is CC(C)(C(=O)c1cc2cc(F)ccc2o1)N1CCNCC1. The van der Waals surface area contributed by atoms with Crippen LogP contribution in [0.25, 0.3) is 11.0 Å². The van der Waals surface area contributed by atoms with Gasteiger partial charge in [0.2, 0.25) is 5.78 Å². The van der Waals surface area contributed by atoms with E-state index < -0.39 is 5.54 Å². The Balaban J connectivity index is 1.91. The zero-order valence-electron chi connectivity index (χ0n) is 12.3. The zero-order valence-corrected chi connectivity index (χ0v) is 12.3. The minimum absolute atomic E-state index is 0.0685. The molecule has 0 aliphatic carbocycles. The van der Waals surface area contributed by atoms with Crippen LogP contribution in [0.4, 0.5) is 4.39 Å². The number of nitrogens with zero attached hydrogens (tertiary/aromatic N) is 1. The Morgan fingerprint density at radius 2 is 2.00 bits per heavy atom. The monoisotopic (exact) mass is 290 g/mol. The van der Waals surface area contributed by atoms with Crippen LogP contribution in [0.3, 0.4) is 0 Å². The van der Waals surface area contributed by atoms with Crippen molar-refractivity contribution >= 4 is 16.8 Å². The van der Waals surface area contributed by atoms with Crippen LogP contribution in [-0.4, -0.2) is 42.4 Å². The molecule has 0 unspecified atom stereocenters. The Kier molecular flexibility index (Phi) is 3.55. The van der Waals surface area contributed by atoms with Crippen LogP contribution >= 0.6 is 0 Å². The number of rotatable bonds is 3. The highest BCUT2D eigenvalue weighted by molar-refractivity contribution is 6.03. The van der Waals surface area contributed by atoms with Gasteiger partial charge in [-0.1, -0.05) is 0 Å². The lowest BCUT2D eigenvalue weighted by Gasteiger charge is -2.39. The summed E-state index contributed by atoms with van der Waals surface area (Å²) in [6.07, 6.45) is 0. The number of piperazine rings is 1. The summed E-state index contributed by atoms with van der Waals surface area (Å²) in [6, 6.07) is 5.90. The van der Waals surface area contributed by atoms with Crippen molar-refractivity contribution in [1.82, 2.24) is 10.2 Å². The second-order valence-electron chi connectivity index (χ2n) is 5.92. The molecule has 1 aromatic carbocycles. The highest BCUT2D eigenvalue weighted by Crippen LogP contribution is 2.26. The molecule has 4 nitrogen and oxygen atoms in total. The van der Waals surface area contributed by atoms with Crippen LogP contribution in [0, 0.1) is 5.82 Å².